The Morgan fingerprint density at radius 2 is 0.887 bits per heavy atom. The standard InChI is InChI=1S/C17H26NO4P.C16H25N3O2.C16H21N3O2.C12H24NO4P.C11H17N3.C10H18O5.C9H15NO3.C6H6N2O.C4H7NO.Na.H2O/c1-21-23(20,22-2)13-16(19)9-5-4-8-15-12-11-14-7-3-6-10-17(14)18-15;2*1-16(2,3)21-15(20)18-11-5-7-13-9-8-12-6-4-10-17-14(12)19-13;1-12(2,3)17-11(15)13-8-6-7-10(14)9-18(4,5)16;12-7-1-4-10-6-5-9-3-2-8-13-11(9)14-10;1-9(2,3)14-7(11)13-8(12)15-10(4,5)6;1-9(2,3)13-8(12)10-6-4-5-7(10)11;7-6-5(4-9)2-1-3-8-6;6-4-2-1-3-5-4;;/h11-12H,3-10,13H2,1-2H3;8-9H,4-7,10-11H2,1-3H3,(H,17,19)(H,18,20);4,6,8-10H,5,7,11H2,1-3H3,(H,18,20);6-9H2,1-5H3,(H,13,15);5-6H,1-4,7-8,12H2,(H,13,14);1-6H3;4-6H2,1-3H3;1-4H,(H2,7,8);1-3H2,(H,5,6);;1H2/q;;;;;;;;;+1;/p-1. The number of ketones is 2. The first-order valence-corrected chi connectivity index (χ1v) is 52.6. The molecule has 2 saturated heterocycles. The molecule has 0 bridgehead atoms. The van der Waals surface area contributed by atoms with E-state index in [2.05, 4.69) is 98.0 Å². The number of rotatable bonds is 27. The van der Waals surface area contributed by atoms with Gasteiger partial charge in [0.1, 0.15) is 68.8 Å². The summed E-state index contributed by atoms with van der Waals surface area (Å²) < 4.78 is 67.1. The fraction of sp³-hybridized carbons (Fsp3) is 0.614. The van der Waals surface area contributed by atoms with Gasteiger partial charge in [0.15, 0.2) is 11.9 Å². The molecule has 38 nitrogen and oxygen atoms in total. The fourth-order valence-corrected chi connectivity index (χ4v) is 15.0. The number of aryl methyl sites for hydroxylation is 8. The number of imide groups is 1. The minimum Gasteiger partial charge on any atom is -0.870 e. The summed E-state index contributed by atoms with van der Waals surface area (Å²) in [6, 6.07) is 24.1. The van der Waals surface area contributed by atoms with Crippen molar-refractivity contribution in [1.82, 2.24) is 56.1 Å². The molecular weight excluding hydrogens is 1880 g/mol. The van der Waals surface area contributed by atoms with Crippen molar-refractivity contribution >= 4 is 110 Å². The van der Waals surface area contributed by atoms with E-state index in [-0.39, 0.29) is 88.7 Å². The number of hydrogen-bond donors (Lipinski definition) is 8. The van der Waals surface area contributed by atoms with E-state index in [1.54, 1.807) is 121 Å². The summed E-state index contributed by atoms with van der Waals surface area (Å²) in [6.45, 7) is 40.8. The number of carbonyl (C=O) groups excluding carboxylic acids is 11. The summed E-state index contributed by atoms with van der Waals surface area (Å²) in [7, 11) is -2.89. The van der Waals surface area contributed by atoms with Crippen molar-refractivity contribution in [2.45, 2.75) is 312 Å². The number of nitrogen functional groups attached to an aromatic ring is 1. The van der Waals surface area contributed by atoms with Crippen LogP contribution in [0.3, 0.4) is 0 Å². The number of unbranched alkanes of at least 4 members (excludes halogenated alkanes) is 1. The van der Waals surface area contributed by atoms with Gasteiger partial charge in [0.05, 0.1) is 18.9 Å². The van der Waals surface area contributed by atoms with Crippen LogP contribution in [-0.4, -0.2) is 232 Å². The molecule has 0 spiro atoms. The van der Waals surface area contributed by atoms with Gasteiger partial charge < -0.3 is 95.6 Å². The number of aromatic nitrogens is 6. The van der Waals surface area contributed by atoms with Crippen LogP contribution in [-0.2, 0) is 122 Å². The first kappa shape index (κ1) is 130. The number of amides is 6. The summed E-state index contributed by atoms with van der Waals surface area (Å²) in [6.07, 6.45) is 21.6. The topological polar surface area (TPSA) is 540 Å². The van der Waals surface area contributed by atoms with Crippen LogP contribution in [0.2, 0.25) is 0 Å². The number of fused-ring (bicyclic) bond motifs is 4. The molecule has 10 heterocycles. The molecule has 142 heavy (non-hydrogen) atoms. The second-order valence-corrected chi connectivity index (χ2v) is 45.7. The summed E-state index contributed by atoms with van der Waals surface area (Å²) in [4.78, 5) is 150. The Bertz CT molecular complexity index is 4960. The predicted molar refractivity (Wildman–Crippen MR) is 546 cm³/mol. The van der Waals surface area contributed by atoms with Crippen LogP contribution in [0, 0.1) is 0 Å². The van der Waals surface area contributed by atoms with E-state index < -0.39 is 72.8 Å². The maximum absolute atomic E-state index is 11.9. The van der Waals surface area contributed by atoms with Crippen LogP contribution in [0.4, 0.5) is 46.2 Å². The smallest absolute Gasteiger partial charge is 0.870 e. The number of Topliss-reactive ketones (excluding diaryl/α,β-unsaturated/α-hetero) is 2. The molecule has 788 valence electrons. The number of carbonyl (C=O) groups is 11. The van der Waals surface area contributed by atoms with Crippen molar-refractivity contribution in [3.63, 3.8) is 0 Å². The van der Waals surface area contributed by atoms with Crippen LogP contribution in [0.5, 0.6) is 0 Å². The molecule has 0 saturated carbocycles. The molecule has 0 atom stereocenters. The van der Waals surface area contributed by atoms with Crippen molar-refractivity contribution in [3.8, 4) is 0 Å². The third-order valence-corrected chi connectivity index (χ3v) is 22.3. The van der Waals surface area contributed by atoms with E-state index in [4.69, 9.17) is 53.9 Å². The largest absolute Gasteiger partial charge is 1.00 e. The van der Waals surface area contributed by atoms with Crippen LogP contribution >= 0.6 is 14.7 Å². The van der Waals surface area contributed by atoms with E-state index >= 15 is 0 Å². The molecule has 6 aromatic rings. The average Bonchev–Trinajstić information content (AvgIpc) is 0.987. The number of ether oxygens (including phenoxy) is 7. The van der Waals surface area contributed by atoms with Crippen molar-refractivity contribution in [3.05, 3.63) is 136 Å². The Morgan fingerprint density at radius 3 is 1.32 bits per heavy atom. The Kier molecular flexibility index (Phi) is 60.3. The van der Waals surface area contributed by atoms with Crippen molar-refractivity contribution in [2.24, 2.45) is 5.73 Å². The molecule has 11 rings (SSSR count). The van der Waals surface area contributed by atoms with Gasteiger partial charge in [-0.25, -0.2) is 58.6 Å². The zero-order valence-electron chi connectivity index (χ0n) is 88.3. The van der Waals surface area contributed by atoms with E-state index in [1.165, 1.54) is 67.2 Å². The minimum atomic E-state index is -3.22. The first-order chi connectivity index (χ1) is 65.5. The van der Waals surface area contributed by atoms with Crippen LogP contribution in [0.1, 0.15) is 283 Å². The monoisotopic (exact) mass is 2040 g/mol. The van der Waals surface area contributed by atoms with Gasteiger partial charge in [0.25, 0.3) is 0 Å². The maximum atomic E-state index is 11.9. The number of pyridine rings is 6. The Hall–Kier alpha value is -10.2. The summed E-state index contributed by atoms with van der Waals surface area (Å²) in [5.41, 5.74) is 18.2. The van der Waals surface area contributed by atoms with Gasteiger partial charge in [-0.05, 0) is 344 Å². The maximum Gasteiger partial charge on any atom is 1.00 e. The van der Waals surface area contributed by atoms with Gasteiger partial charge in [-0.15, -0.1) is 0 Å². The molecule has 1 aliphatic carbocycles. The first-order valence-electron chi connectivity index (χ1n) is 48.1. The quantitative estimate of drug-likeness (QED) is 0.00451. The number of alkyl carbamates (subject to hydrolysis) is 3. The minimum absolute atomic E-state index is 0. The van der Waals surface area contributed by atoms with E-state index in [0.717, 1.165) is 174 Å². The number of nitrogens with two attached hydrogens (primary N) is 2. The summed E-state index contributed by atoms with van der Waals surface area (Å²) in [5, 5.41) is 18.5. The van der Waals surface area contributed by atoms with E-state index in [1.807, 2.05) is 65.8 Å². The molecule has 11 N–H and O–H groups in total. The molecule has 0 aromatic carbocycles. The van der Waals surface area contributed by atoms with Crippen LogP contribution < -0.4 is 72.9 Å². The predicted octanol–water partition coefficient (Wildman–Crippen LogP) is 15.1. The third-order valence-electron chi connectivity index (χ3n) is 19.3. The molecule has 0 radical (unpaired) electrons. The average molecular weight is 2040 g/mol. The number of nitrogens with zero attached hydrogens (tertiary/aromatic N) is 7. The van der Waals surface area contributed by atoms with Crippen molar-refractivity contribution in [2.75, 3.05) is 109 Å². The molecule has 6 amide bonds. The summed E-state index contributed by atoms with van der Waals surface area (Å²) >= 11 is 0. The molecule has 6 aromatic heterocycles. The van der Waals surface area contributed by atoms with Gasteiger partial charge in [-0.3, -0.25) is 33.5 Å². The van der Waals surface area contributed by atoms with E-state index in [9.17, 15) is 61.9 Å². The number of nitrogens with one attached hydrogen (secondary N) is 6. The number of aldehydes is 1. The molecule has 0 unspecified atom stereocenters. The Labute approximate surface area is 862 Å². The number of hydrogen-bond acceptors (Lipinski definition) is 33. The zero-order valence-corrected chi connectivity index (χ0v) is 92.1. The van der Waals surface area contributed by atoms with Gasteiger partial charge in [0, 0.05) is 132 Å². The second-order valence-electron chi connectivity index (χ2n) is 40.0. The van der Waals surface area contributed by atoms with Gasteiger partial charge in [-0.2, -0.15) is 0 Å². The summed E-state index contributed by atoms with van der Waals surface area (Å²) in [5.74, 6) is 2.38. The molecule has 2 fully saturated rings. The SMILES string of the molecule is CC(C)(C)OC(=O)N1CCCC1=O.CC(C)(C)OC(=O)NCCCC(=O)CP(C)(C)=O.CC(C)(C)OC(=O)NCCCc1ccc2c(n1)NCCC2.CC(C)(C)OC(=O)NCCCc1ccc2cccnc2n1.CC(C)(C)OC(=O)OC(=O)OC(C)(C)C.COP(=O)(CC(=O)CCCCc1ccc2c(n1)CCCC2)OC.NCCCc1ccc2c(n1)NCCC2.Nc1ncccc1C=O.O=C1CCCN1.[Na+].[OH-]. The van der Waals surface area contributed by atoms with Crippen LogP contribution in [0.25, 0.3) is 11.0 Å². The number of anilines is 3. The van der Waals surface area contributed by atoms with Crippen molar-refractivity contribution in [1.29, 1.82) is 0 Å². The third kappa shape index (κ3) is 62.4. The van der Waals surface area contributed by atoms with Gasteiger partial charge >= 0.3 is 73.8 Å². The van der Waals surface area contributed by atoms with E-state index in [0.29, 0.717) is 63.7 Å². The van der Waals surface area contributed by atoms with Gasteiger partial charge in [0.2, 0.25) is 11.8 Å². The molecule has 4 aliphatic heterocycles. The molecule has 5 aliphatic rings. The number of likely N-dealkylation sites (tertiary alicyclic amines) is 1. The Morgan fingerprint density at radius 1 is 0.465 bits per heavy atom. The van der Waals surface area contributed by atoms with Crippen LogP contribution in [0.15, 0.2) is 85.2 Å². The Balaban J connectivity index is 0.000000811. The molecule has 41 heteroatoms. The zero-order chi connectivity index (χ0) is 105. The second kappa shape index (κ2) is 66.0. The normalized spacial score (nSPS) is 13.4. The molecular formula is C101H160N15NaO23P2. The van der Waals surface area contributed by atoms with Crippen molar-refractivity contribution < 1.29 is 139 Å². The fourth-order valence-electron chi connectivity index (χ4n) is 13.0. The van der Waals surface area contributed by atoms with Gasteiger partial charge in [-0.1, -0.05) is 18.2 Å².